The summed E-state index contributed by atoms with van der Waals surface area (Å²) in [5.41, 5.74) is 2.30. The van der Waals surface area contributed by atoms with Crippen molar-refractivity contribution in [2.45, 2.75) is 62.8 Å². The van der Waals surface area contributed by atoms with Crippen molar-refractivity contribution in [1.29, 1.82) is 0 Å². The molecule has 1 atom stereocenters. The summed E-state index contributed by atoms with van der Waals surface area (Å²) in [7, 11) is -6.65. The first kappa shape index (κ1) is 21.3. The molecule has 1 aromatic carbocycles. The molecule has 0 N–H and O–H groups in total. The number of nitrogens with zero attached hydrogens (tertiary/aromatic N) is 1. The molecule has 1 saturated heterocycles. The van der Waals surface area contributed by atoms with Crippen LogP contribution in [0, 0.1) is 0 Å². The highest BCUT2D eigenvalue weighted by Crippen LogP contribution is 2.26. The highest BCUT2D eigenvalue weighted by atomic mass is 32.2. The maximum atomic E-state index is 12.8. The largest absolute Gasteiger partial charge is 0.339 e. The minimum atomic E-state index is -3.54. The van der Waals surface area contributed by atoms with Crippen LogP contribution >= 0.6 is 0 Å². The van der Waals surface area contributed by atoms with Gasteiger partial charge in [-0.15, -0.1) is 0 Å². The molecule has 1 unspecified atom stereocenters. The standard InChI is InChI=1S/C20H29NO5S2/c1-2-3-11-21(18-9-12-27(23,24)15-18)20(22)10-13-28(25,26)19-8-7-16-5-4-6-17(16)14-19/h7-8,14,18H,2-6,9-13,15H2,1H3. The van der Waals surface area contributed by atoms with E-state index in [-0.39, 0.29) is 40.5 Å². The maximum Gasteiger partial charge on any atom is 0.223 e. The van der Waals surface area contributed by atoms with Crippen molar-refractivity contribution in [1.82, 2.24) is 4.90 Å². The van der Waals surface area contributed by atoms with Gasteiger partial charge in [-0.1, -0.05) is 19.4 Å². The fourth-order valence-corrected chi connectivity index (χ4v) is 7.09. The number of benzene rings is 1. The lowest BCUT2D eigenvalue weighted by molar-refractivity contribution is -0.132. The van der Waals surface area contributed by atoms with Gasteiger partial charge in [-0.25, -0.2) is 16.8 Å². The van der Waals surface area contributed by atoms with Crippen LogP contribution in [0.3, 0.4) is 0 Å². The van der Waals surface area contributed by atoms with E-state index in [0.29, 0.717) is 13.0 Å². The fraction of sp³-hybridized carbons (Fsp3) is 0.650. The van der Waals surface area contributed by atoms with E-state index in [1.54, 1.807) is 17.0 Å². The highest BCUT2D eigenvalue weighted by molar-refractivity contribution is 7.91. The molecule has 1 fully saturated rings. The molecule has 3 rings (SSSR count). The predicted molar refractivity (Wildman–Crippen MR) is 109 cm³/mol. The molecule has 0 aromatic heterocycles. The molecule has 0 bridgehead atoms. The van der Waals surface area contributed by atoms with Crippen LogP contribution in [0.2, 0.25) is 0 Å². The van der Waals surface area contributed by atoms with Crippen molar-refractivity contribution in [2.24, 2.45) is 0 Å². The third kappa shape index (κ3) is 4.95. The van der Waals surface area contributed by atoms with Crippen LogP contribution in [-0.2, 0) is 37.3 Å². The van der Waals surface area contributed by atoms with Gasteiger partial charge in [0.05, 0.1) is 22.2 Å². The number of hydrogen-bond donors (Lipinski definition) is 0. The minimum Gasteiger partial charge on any atom is -0.339 e. The van der Waals surface area contributed by atoms with Crippen LogP contribution in [0.5, 0.6) is 0 Å². The minimum absolute atomic E-state index is 0.0139. The molecule has 0 spiro atoms. The van der Waals surface area contributed by atoms with E-state index in [0.717, 1.165) is 37.7 Å². The summed E-state index contributed by atoms with van der Waals surface area (Å²) in [6, 6.07) is 4.95. The van der Waals surface area contributed by atoms with Crippen molar-refractivity contribution in [2.75, 3.05) is 23.8 Å². The predicted octanol–water partition coefficient (Wildman–Crippen LogP) is 2.15. The van der Waals surface area contributed by atoms with E-state index in [2.05, 4.69) is 0 Å². The van der Waals surface area contributed by atoms with Crippen molar-refractivity contribution in [3.05, 3.63) is 29.3 Å². The number of hydrogen-bond acceptors (Lipinski definition) is 5. The number of carbonyl (C=O) groups excluding carboxylic acids is 1. The Balaban J connectivity index is 1.67. The van der Waals surface area contributed by atoms with Gasteiger partial charge in [-0.2, -0.15) is 0 Å². The fourth-order valence-electron chi connectivity index (χ4n) is 4.09. The molecule has 0 radical (unpaired) electrons. The van der Waals surface area contributed by atoms with Gasteiger partial charge in [0.15, 0.2) is 19.7 Å². The van der Waals surface area contributed by atoms with Gasteiger partial charge in [-0.3, -0.25) is 4.79 Å². The van der Waals surface area contributed by atoms with E-state index in [1.807, 2.05) is 13.0 Å². The molecule has 28 heavy (non-hydrogen) atoms. The maximum absolute atomic E-state index is 12.8. The Bertz CT molecular complexity index is 937. The third-order valence-electron chi connectivity index (χ3n) is 5.74. The van der Waals surface area contributed by atoms with Crippen LogP contribution < -0.4 is 0 Å². The zero-order chi connectivity index (χ0) is 20.4. The second-order valence-corrected chi connectivity index (χ2v) is 12.2. The number of amides is 1. The second-order valence-electron chi connectivity index (χ2n) is 7.85. The van der Waals surface area contributed by atoms with Crippen molar-refractivity contribution in [3.8, 4) is 0 Å². The van der Waals surface area contributed by atoms with Crippen molar-refractivity contribution in [3.63, 3.8) is 0 Å². The number of carbonyl (C=O) groups is 1. The SMILES string of the molecule is CCCCN(C(=O)CCS(=O)(=O)c1ccc2c(c1)CCC2)C1CCS(=O)(=O)C1. The normalized spacial score (nSPS) is 20.8. The lowest BCUT2D eigenvalue weighted by Gasteiger charge is -2.28. The van der Waals surface area contributed by atoms with Crippen molar-refractivity contribution < 1.29 is 21.6 Å². The van der Waals surface area contributed by atoms with Crippen LogP contribution in [0.15, 0.2) is 23.1 Å². The second kappa shape index (κ2) is 8.53. The Kier molecular flexibility index (Phi) is 6.49. The zero-order valence-electron chi connectivity index (χ0n) is 16.4. The van der Waals surface area contributed by atoms with E-state index in [4.69, 9.17) is 0 Å². The monoisotopic (exact) mass is 427 g/mol. The lowest BCUT2D eigenvalue weighted by Crippen LogP contribution is -2.42. The van der Waals surface area contributed by atoms with Crippen molar-refractivity contribution >= 4 is 25.6 Å². The molecule has 1 aromatic rings. The summed E-state index contributed by atoms with van der Waals surface area (Å²) >= 11 is 0. The van der Waals surface area contributed by atoms with Crippen LogP contribution in [0.4, 0.5) is 0 Å². The quantitative estimate of drug-likeness (QED) is 0.634. The zero-order valence-corrected chi connectivity index (χ0v) is 18.0. The van der Waals surface area contributed by atoms with E-state index >= 15 is 0 Å². The van der Waals surface area contributed by atoms with E-state index < -0.39 is 19.7 Å². The number of sulfone groups is 2. The van der Waals surface area contributed by atoms with Gasteiger partial charge >= 0.3 is 0 Å². The molecule has 1 aliphatic carbocycles. The van der Waals surface area contributed by atoms with Crippen LogP contribution in [0.25, 0.3) is 0 Å². The number of aryl methyl sites for hydroxylation is 2. The number of rotatable bonds is 8. The summed E-state index contributed by atoms with van der Waals surface area (Å²) in [5.74, 6) is -0.423. The summed E-state index contributed by atoms with van der Waals surface area (Å²) in [6.07, 6.45) is 4.93. The third-order valence-corrected chi connectivity index (χ3v) is 9.20. The van der Waals surface area contributed by atoms with Gasteiger partial charge in [0.1, 0.15) is 0 Å². The Hall–Kier alpha value is -1.41. The van der Waals surface area contributed by atoms with Crippen LogP contribution in [-0.4, -0.2) is 57.5 Å². The lowest BCUT2D eigenvalue weighted by atomic mass is 10.1. The summed E-state index contributed by atoms with van der Waals surface area (Å²) in [6.45, 7) is 2.49. The first-order valence-corrected chi connectivity index (χ1v) is 13.5. The van der Waals surface area contributed by atoms with Gasteiger partial charge < -0.3 is 4.90 Å². The molecular weight excluding hydrogens is 398 g/mol. The van der Waals surface area contributed by atoms with Gasteiger partial charge in [0.2, 0.25) is 5.91 Å². The molecule has 1 amide bonds. The highest BCUT2D eigenvalue weighted by Gasteiger charge is 2.34. The molecule has 6 nitrogen and oxygen atoms in total. The number of fused-ring (bicyclic) bond motifs is 1. The Morgan fingerprint density at radius 3 is 2.64 bits per heavy atom. The molecule has 1 heterocycles. The average Bonchev–Trinajstić information content (AvgIpc) is 3.25. The average molecular weight is 428 g/mol. The first-order valence-electron chi connectivity index (χ1n) is 10.1. The Morgan fingerprint density at radius 1 is 1.21 bits per heavy atom. The molecule has 2 aliphatic rings. The summed E-state index contributed by atoms with van der Waals surface area (Å²) < 4.78 is 49.1. The molecule has 156 valence electrons. The molecule has 0 saturated carbocycles. The number of unbranched alkanes of at least 4 members (excludes halogenated alkanes) is 1. The van der Waals surface area contributed by atoms with Gasteiger partial charge in [0, 0.05) is 19.0 Å². The first-order chi connectivity index (χ1) is 13.2. The van der Waals surface area contributed by atoms with E-state index in [1.165, 1.54) is 5.56 Å². The van der Waals surface area contributed by atoms with E-state index in [9.17, 15) is 21.6 Å². The summed E-state index contributed by atoms with van der Waals surface area (Å²) in [5, 5.41) is 0. The Morgan fingerprint density at radius 2 is 1.96 bits per heavy atom. The molecule has 1 aliphatic heterocycles. The van der Waals surface area contributed by atoms with Crippen LogP contribution in [0.1, 0.15) is 50.2 Å². The summed E-state index contributed by atoms with van der Waals surface area (Å²) in [4.78, 5) is 14.7. The van der Waals surface area contributed by atoms with Gasteiger partial charge in [0.25, 0.3) is 0 Å². The Labute approximate surface area is 168 Å². The smallest absolute Gasteiger partial charge is 0.223 e. The molecular formula is C20H29NO5S2. The van der Waals surface area contributed by atoms with Gasteiger partial charge in [-0.05, 0) is 55.4 Å². The topological polar surface area (TPSA) is 88.6 Å². The molecule has 8 heteroatoms.